The Kier molecular flexibility index (Phi) is 5.89. The lowest BCUT2D eigenvalue weighted by molar-refractivity contribution is -0.904. The van der Waals surface area contributed by atoms with Crippen LogP contribution in [0.15, 0.2) is 24.3 Å². The Morgan fingerprint density at radius 1 is 1.28 bits per heavy atom. The highest BCUT2D eigenvalue weighted by Gasteiger charge is 2.30. The van der Waals surface area contributed by atoms with E-state index in [9.17, 15) is 9.59 Å². The topological polar surface area (TPSA) is 91.9 Å². The predicted molar refractivity (Wildman–Crippen MR) is 111 cm³/mol. The number of hydrogen-bond acceptors (Lipinski definition) is 5. The Morgan fingerprint density at radius 3 is 2.79 bits per heavy atom. The molecule has 8 nitrogen and oxygen atoms in total. The highest BCUT2D eigenvalue weighted by Crippen LogP contribution is 2.36. The van der Waals surface area contributed by atoms with Crippen LogP contribution in [0, 0.1) is 6.92 Å². The molecule has 0 unspecified atom stereocenters. The second-order valence-electron chi connectivity index (χ2n) is 7.49. The quantitative estimate of drug-likeness (QED) is 0.589. The van der Waals surface area contributed by atoms with Crippen LogP contribution >= 0.6 is 11.8 Å². The van der Waals surface area contributed by atoms with E-state index in [-0.39, 0.29) is 6.61 Å². The van der Waals surface area contributed by atoms with E-state index in [4.69, 9.17) is 5.11 Å². The molecule has 0 atom stereocenters. The highest BCUT2D eigenvalue weighted by atomic mass is 32.2. The Morgan fingerprint density at radius 2 is 2.07 bits per heavy atom. The lowest BCUT2D eigenvalue weighted by Gasteiger charge is -2.31. The molecule has 0 bridgehead atoms. The number of hydrogen-bond donors (Lipinski definition) is 3. The van der Waals surface area contributed by atoms with Crippen LogP contribution in [0.2, 0.25) is 0 Å². The van der Waals surface area contributed by atoms with Crippen molar-refractivity contribution in [2.75, 3.05) is 44.6 Å². The van der Waals surface area contributed by atoms with Crippen molar-refractivity contribution in [3.63, 3.8) is 0 Å². The smallest absolute Gasteiger partial charge is 0.315 e. The Labute approximate surface area is 173 Å². The van der Waals surface area contributed by atoms with E-state index in [0.29, 0.717) is 25.5 Å². The van der Waals surface area contributed by atoms with Crippen molar-refractivity contribution >= 4 is 29.4 Å². The van der Waals surface area contributed by atoms with E-state index in [0.717, 1.165) is 47.1 Å². The average molecular weight is 417 g/mol. The summed E-state index contributed by atoms with van der Waals surface area (Å²) in [7, 11) is 0. The number of piperazine rings is 1. The zero-order valence-corrected chi connectivity index (χ0v) is 17.3. The van der Waals surface area contributed by atoms with Gasteiger partial charge in [-0.15, -0.1) is 0 Å². The molecule has 0 saturated carbocycles. The van der Waals surface area contributed by atoms with Crippen LogP contribution in [0.3, 0.4) is 0 Å². The molecular formula is C20H26N5O3S+. The number of rotatable bonds is 4. The minimum Gasteiger partial charge on any atom is -0.391 e. The van der Waals surface area contributed by atoms with Gasteiger partial charge in [-0.3, -0.25) is 9.59 Å². The summed E-state index contributed by atoms with van der Waals surface area (Å²) < 4.78 is 1.74. The van der Waals surface area contributed by atoms with Crippen molar-refractivity contribution < 1.29 is 19.6 Å². The molecule has 2 aromatic rings. The summed E-state index contributed by atoms with van der Waals surface area (Å²) in [5.74, 6) is 1.04. The average Bonchev–Trinajstić information content (AvgIpc) is 3.31. The van der Waals surface area contributed by atoms with Crippen molar-refractivity contribution in [2.45, 2.75) is 18.4 Å². The van der Waals surface area contributed by atoms with Crippen molar-refractivity contribution in [3.8, 4) is 5.69 Å². The van der Waals surface area contributed by atoms with Gasteiger partial charge in [0.05, 0.1) is 44.2 Å². The molecule has 2 aliphatic rings. The van der Waals surface area contributed by atoms with E-state index in [1.54, 1.807) is 21.3 Å². The fourth-order valence-corrected chi connectivity index (χ4v) is 4.86. The number of aliphatic hydroxyl groups is 1. The zero-order chi connectivity index (χ0) is 20.4. The van der Waals surface area contributed by atoms with Gasteiger partial charge in [-0.1, -0.05) is 12.1 Å². The lowest BCUT2D eigenvalue weighted by atomic mass is 10.2. The minimum atomic E-state index is -0.621. The van der Waals surface area contributed by atoms with Gasteiger partial charge in [-0.05, 0) is 24.6 Å². The van der Waals surface area contributed by atoms with E-state index < -0.39 is 11.8 Å². The summed E-state index contributed by atoms with van der Waals surface area (Å²) in [4.78, 5) is 28.3. The summed E-state index contributed by atoms with van der Waals surface area (Å²) in [6.45, 7) is 5.35. The van der Waals surface area contributed by atoms with Gasteiger partial charge in [0.2, 0.25) is 0 Å². The number of carbonyl (C=O) groups excluding carboxylic acids is 2. The van der Waals surface area contributed by atoms with Gasteiger partial charge in [0, 0.05) is 17.1 Å². The van der Waals surface area contributed by atoms with E-state index in [2.05, 4.69) is 10.4 Å². The van der Waals surface area contributed by atoms with Crippen molar-refractivity contribution in [1.82, 2.24) is 14.7 Å². The fraction of sp³-hybridized carbons (Fsp3) is 0.450. The van der Waals surface area contributed by atoms with Gasteiger partial charge in [-0.2, -0.15) is 16.9 Å². The number of aromatic nitrogens is 2. The fourth-order valence-electron chi connectivity index (χ4n) is 3.83. The Hall–Kier alpha value is -2.36. The van der Waals surface area contributed by atoms with Crippen LogP contribution in [0.5, 0.6) is 0 Å². The number of fused-ring (bicyclic) bond motifs is 1. The molecule has 1 aromatic heterocycles. The third kappa shape index (κ3) is 4.17. The first-order chi connectivity index (χ1) is 14.1. The standard InChI is InChI=1S/C20H25N5O3S/c1-14-3-2-4-15(11-14)25-18(16-12-29-13-17(16)22-25)21-19(27)20(28)24-7-5-23(6-8-24)9-10-26/h2-4,11,26H,5-10,12-13H2,1H3,(H,21,27)/p+1. The molecular weight excluding hydrogens is 390 g/mol. The number of quaternary nitrogens is 1. The van der Waals surface area contributed by atoms with E-state index in [1.165, 1.54) is 4.90 Å². The summed E-state index contributed by atoms with van der Waals surface area (Å²) in [6.07, 6.45) is 0. The molecule has 29 heavy (non-hydrogen) atoms. The molecule has 0 aliphatic carbocycles. The number of amides is 2. The summed E-state index contributed by atoms with van der Waals surface area (Å²) >= 11 is 1.75. The third-order valence-corrected chi connectivity index (χ3v) is 6.42. The third-order valence-electron chi connectivity index (χ3n) is 5.45. The van der Waals surface area contributed by atoms with Gasteiger partial charge < -0.3 is 20.2 Å². The van der Waals surface area contributed by atoms with Gasteiger partial charge >= 0.3 is 11.8 Å². The molecule has 0 spiro atoms. The van der Waals surface area contributed by atoms with Gasteiger partial charge in [-0.25, -0.2) is 4.68 Å². The van der Waals surface area contributed by atoms with Crippen LogP contribution in [-0.2, 0) is 21.1 Å². The largest absolute Gasteiger partial charge is 0.391 e. The summed E-state index contributed by atoms with van der Waals surface area (Å²) in [5, 5.41) is 16.6. The van der Waals surface area contributed by atoms with Crippen molar-refractivity contribution in [1.29, 1.82) is 0 Å². The molecule has 2 amide bonds. The SMILES string of the molecule is Cc1cccc(-n2nc3c(c2NC(=O)C(=O)N2CC[NH+](CCO)CC2)CSC3)c1. The number of carbonyl (C=O) groups is 2. The van der Waals surface area contributed by atoms with Crippen LogP contribution in [0.4, 0.5) is 5.82 Å². The maximum Gasteiger partial charge on any atom is 0.315 e. The number of aliphatic hydroxyl groups excluding tert-OH is 1. The molecule has 1 fully saturated rings. The van der Waals surface area contributed by atoms with Crippen LogP contribution in [0.25, 0.3) is 5.69 Å². The molecule has 154 valence electrons. The maximum absolute atomic E-state index is 12.8. The zero-order valence-electron chi connectivity index (χ0n) is 16.5. The van der Waals surface area contributed by atoms with E-state index >= 15 is 0 Å². The van der Waals surface area contributed by atoms with Crippen LogP contribution in [-0.4, -0.2) is 70.9 Å². The number of thioether (sulfide) groups is 1. The molecule has 2 aliphatic heterocycles. The first-order valence-electron chi connectivity index (χ1n) is 9.87. The van der Waals surface area contributed by atoms with Gasteiger partial charge in [0.15, 0.2) is 0 Å². The van der Waals surface area contributed by atoms with Crippen LogP contribution in [0.1, 0.15) is 16.8 Å². The molecule has 9 heteroatoms. The Balaban J connectivity index is 1.52. The normalized spacial score (nSPS) is 16.7. The first kappa shape index (κ1) is 19.9. The second kappa shape index (κ2) is 8.56. The van der Waals surface area contributed by atoms with Crippen molar-refractivity contribution in [3.05, 3.63) is 41.1 Å². The summed E-state index contributed by atoms with van der Waals surface area (Å²) in [5.41, 5.74) is 3.92. The molecule has 1 saturated heterocycles. The summed E-state index contributed by atoms with van der Waals surface area (Å²) in [6, 6.07) is 7.92. The van der Waals surface area contributed by atoms with Gasteiger partial charge in [0.1, 0.15) is 12.4 Å². The molecule has 4 rings (SSSR count). The number of anilines is 1. The number of nitrogens with zero attached hydrogens (tertiary/aromatic N) is 3. The van der Waals surface area contributed by atoms with Crippen LogP contribution < -0.4 is 10.2 Å². The Bertz CT molecular complexity index is 921. The monoisotopic (exact) mass is 416 g/mol. The first-order valence-corrected chi connectivity index (χ1v) is 11.0. The second-order valence-corrected chi connectivity index (χ2v) is 8.47. The number of benzene rings is 1. The molecule has 1 aromatic carbocycles. The van der Waals surface area contributed by atoms with Crippen molar-refractivity contribution in [2.24, 2.45) is 0 Å². The molecule has 3 N–H and O–H groups in total. The number of aryl methyl sites for hydroxylation is 1. The number of nitrogens with one attached hydrogen (secondary N) is 2. The predicted octanol–water partition coefficient (Wildman–Crippen LogP) is -0.415. The molecule has 0 radical (unpaired) electrons. The molecule has 3 heterocycles. The minimum absolute atomic E-state index is 0.135. The highest BCUT2D eigenvalue weighted by molar-refractivity contribution is 7.98. The lowest BCUT2D eigenvalue weighted by Crippen LogP contribution is -3.15. The van der Waals surface area contributed by atoms with Gasteiger partial charge in [0.25, 0.3) is 0 Å². The maximum atomic E-state index is 12.8. The van der Waals surface area contributed by atoms with E-state index in [1.807, 2.05) is 31.2 Å².